The van der Waals surface area contributed by atoms with Crippen LogP contribution in [0.25, 0.3) is 5.76 Å². The van der Waals surface area contributed by atoms with E-state index in [0.717, 1.165) is 11.3 Å². The van der Waals surface area contributed by atoms with E-state index in [2.05, 4.69) is 0 Å². The van der Waals surface area contributed by atoms with E-state index in [1.807, 2.05) is 0 Å². The van der Waals surface area contributed by atoms with Crippen molar-refractivity contribution in [3.8, 4) is 5.75 Å². The van der Waals surface area contributed by atoms with Crippen molar-refractivity contribution in [1.29, 1.82) is 0 Å². The number of nitrogens with zero attached hydrogens (tertiary/aromatic N) is 1. The van der Waals surface area contributed by atoms with Crippen LogP contribution in [0.1, 0.15) is 22.7 Å². The molecule has 2 aliphatic heterocycles. The summed E-state index contributed by atoms with van der Waals surface area (Å²) in [7, 11) is -3.93. The monoisotopic (exact) mass is 476 g/mol. The fourth-order valence-corrected chi connectivity index (χ4v) is 4.85. The van der Waals surface area contributed by atoms with Gasteiger partial charge in [0.15, 0.2) is 0 Å². The van der Waals surface area contributed by atoms with Gasteiger partial charge in [0.2, 0.25) is 10.0 Å². The number of benzene rings is 3. The van der Waals surface area contributed by atoms with E-state index in [1.54, 1.807) is 48.5 Å². The number of amides is 1. The molecule has 9 heteroatoms. The first kappa shape index (κ1) is 21.9. The number of aliphatic hydroxyl groups excluding tert-OH is 1. The second-order valence-corrected chi connectivity index (χ2v) is 9.60. The molecule has 5 rings (SSSR count). The lowest BCUT2D eigenvalue weighted by molar-refractivity contribution is -0.132. The standard InChI is InChI=1S/C25H20N2O6S/c26-34(31,32)19-9-7-18(8-10-19)27-22(15-4-2-1-3-5-15)21(24(29)25(27)30)23(28)17-6-11-20-16(14-17)12-13-33-20/h1-11,14,22,28H,12-13H2,(H2,26,31,32)/b23-21-. The Morgan fingerprint density at radius 2 is 1.71 bits per heavy atom. The van der Waals surface area contributed by atoms with Gasteiger partial charge < -0.3 is 9.84 Å². The van der Waals surface area contributed by atoms with E-state index in [1.165, 1.54) is 29.2 Å². The fraction of sp³-hybridized carbons (Fsp3) is 0.120. The first-order valence-corrected chi connectivity index (χ1v) is 12.1. The summed E-state index contributed by atoms with van der Waals surface area (Å²) in [5, 5.41) is 16.4. The molecule has 0 spiro atoms. The van der Waals surface area contributed by atoms with Gasteiger partial charge in [-0.05, 0) is 53.6 Å². The number of nitrogens with two attached hydrogens (primary N) is 1. The zero-order valence-electron chi connectivity index (χ0n) is 17.8. The van der Waals surface area contributed by atoms with Crippen LogP contribution in [0.15, 0.2) is 83.3 Å². The highest BCUT2D eigenvalue weighted by atomic mass is 32.2. The Morgan fingerprint density at radius 3 is 2.38 bits per heavy atom. The Bertz CT molecular complexity index is 1450. The van der Waals surface area contributed by atoms with Gasteiger partial charge in [0, 0.05) is 17.7 Å². The summed E-state index contributed by atoms with van der Waals surface area (Å²) in [6.45, 7) is 0.544. The normalized spacial score (nSPS) is 19.2. The van der Waals surface area contributed by atoms with E-state index in [4.69, 9.17) is 9.88 Å². The maximum atomic E-state index is 13.2. The molecule has 1 fully saturated rings. The van der Waals surface area contributed by atoms with Gasteiger partial charge in [-0.15, -0.1) is 0 Å². The predicted molar refractivity (Wildman–Crippen MR) is 125 cm³/mol. The van der Waals surface area contributed by atoms with E-state index in [9.17, 15) is 23.1 Å². The molecular formula is C25H20N2O6S. The molecular weight excluding hydrogens is 456 g/mol. The maximum Gasteiger partial charge on any atom is 0.300 e. The quantitative estimate of drug-likeness (QED) is 0.339. The summed E-state index contributed by atoms with van der Waals surface area (Å²) < 4.78 is 28.8. The van der Waals surface area contributed by atoms with Crippen molar-refractivity contribution in [3.05, 3.63) is 95.1 Å². The number of ketones is 1. The molecule has 1 unspecified atom stereocenters. The zero-order chi connectivity index (χ0) is 24.0. The summed E-state index contributed by atoms with van der Waals surface area (Å²) in [6, 6.07) is 18.4. The van der Waals surface area contributed by atoms with Crippen LogP contribution in [0.5, 0.6) is 5.75 Å². The summed E-state index contributed by atoms with van der Waals surface area (Å²) in [4.78, 5) is 27.5. The molecule has 0 aliphatic carbocycles. The van der Waals surface area contributed by atoms with Gasteiger partial charge in [-0.25, -0.2) is 13.6 Å². The average Bonchev–Trinajstić information content (AvgIpc) is 3.41. The summed E-state index contributed by atoms with van der Waals surface area (Å²) in [5.74, 6) is -1.22. The van der Waals surface area contributed by atoms with Gasteiger partial charge in [0.05, 0.1) is 23.1 Å². The highest BCUT2D eigenvalue weighted by Gasteiger charge is 2.47. The lowest BCUT2D eigenvalue weighted by atomic mass is 9.94. The second kappa shape index (κ2) is 8.12. The first-order chi connectivity index (χ1) is 16.3. The maximum absolute atomic E-state index is 13.2. The fourth-order valence-electron chi connectivity index (χ4n) is 4.34. The molecule has 2 aliphatic rings. The number of carbonyl (C=O) groups is 2. The van der Waals surface area contributed by atoms with Gasteiger partial charge in [-0.2, -0.15) is 0 Å². The van der Waals surface area contributed by atoms with Crippen LogP contribution in [-0.4, -0.2) is 31.8 Å². The number of carbonyl (C=O) groups excluding carboxylic acids is 2. The SMILES string of the molecule is NS(=O)(=O)c1ccc(N2C(=O)C(=O)/C(=C(\O)c3ccc4c(c3)CCO4)C2c2ccccc2)cc1. The van der Waals surface area contributed by atoms with Crippen molar-refractivity contribution >= 4 is 33.2 Å². The van der Waals surface area contributed by atoms with Gasteiger partial charge in [-0.1, -0.05) is 30.3 Å². The zero-order valence-corrected chi connectivity index (χ0v) is 18.7. The largest absolute Gasteiger partial charge is 0.507 e. The molecule has 0 saturated carbocycles. The molecule has 3 N–H and O–H groups in total. The number of aliphatic hydroxyl groups is 1. The molecule has 34 heavy (non-hydrogen) atoms. The van der Waals surface area contributed by atoms with Gasteiger partial charge in [-0.3, -0.25) is 14.5 Å². The van der Waals surface area contributed by atoms with Crippen molar-refractivity contribution in [3.63, 3.8) is 0 Å². The lowest BCUT2D eigenvalue weighted by Gasteiger charge is -2.25. The van der Waals surface area contributed by atoms with Crippen LogP contribution in [0.4, 0.5) is 5.69 Å². The number of sulfonamides is 1. The number of anilines is 1. The van der Waals surface area contributed by atoms with Crippen LogP contribution in [0.3, 0.4) is 0 Å². The minimum absolute atomic E-state index is 0.0504. The highest BCUT2D eigenvalue weighted by Crippen LogP contribution is 2.42. The third-order valence-corrected chi connectivity index (χ3v) is 6.90. The van der Waals surface area contributed by atoms with E-state index < -0.39 is 27.8 Å². The molecule has 1 amide bonds. The third kappa shape index (κ3) is 3.64. The minimum Gasteiger partial charge on any atom is -0.507 e. The van der Waals surface area contributed by atoms with Crippen molar-refractivity contribution < 1.29 is 27.9 Å². The number of Topliss-reactive ketones (excluding diaryl/α,β-unsaturated/α-hetero) is 1. The Kier molecular flexibility index (Phi) is 5.22. The predicted octanol–water partition coefficient (Wildman–Crippen LogP) is 2.90. The smallest absolute Gasteiger partial charge is 0.300 e. The molecule has 2 heterocycles. The van der Waals surface area contributed by atoms with Crippen LogP contribution in [0, 0.1) is 0 Å². The molecule has 3 aromatic rings. The average molecular weight is 477 g/mol. The van der Waals surface area contributed by atoms with Crippen LogP contribution >= 0.6 is 0 Å². The molecule has 0 radical (unpaired) electrons. The van der Waals surface area contributed by atoms with Crippen molar-refractivity contribution in [1.82, 2.24) is 0 Å². The molecule has 172 valence electrons. The van der Waals surface area contributed by atoms with Gasteiger partial charge in [0.25, 0.3) is 11.7 Å². The van der Waals surface area contributed by atoms with Crippen LogP contribution in [-0.2, 0) is 26.0 Å². The molecule has 1 atom stereocenters. The van der Waals surface area contributed by atoms with E-state index in [0.29, 0.717) is 29.8 Å². The van der Waals surface area contributed by atoms with Crippen LogP contribution in [0.2, 0.25) is 0 Å². The van der Waals surface area contributed by atoms with Gasteiger partial charge >= 0.3 is 0 Å². The van der Waals surface area contributed by atoms with Crippen molar-refractivity contribution in [2.75, 3.05) is 11.5 Å². The second-order valence-electron chi connectivity index (χ2n) is 8.04. The summed E-state index contributed by atoms with van der Waals surface area (Å²) in [6.07, 6.45) is 0.684. The molecule has 0 aromatic heterocycles. The van der Waals surface area contributed by atoms with E-state index in [-0.39, 0.29) is 16.2 Å². The number of fused-ring (bicyclic) bond motifs is 1. The number of hydrogen-bond acceptors (Lipinski definition) is 6. The Morgan fingerprint density at radius 1 is 1.00 bits per heavy atom. The summed E-state index contributed by atoms with van der Waals surface area (Å²) in [5.41, 5.74) is 2.18. The Balaban J connectivity index is 1.67. The van der Waals surface area contributed by atoms with Crippen LogP contribution < -0.4 is 14.8 Å². The Hall–Kier alpha value is -3.95. The molecule has 1 saturated heterocycles. The number of rotatable bonds is 4. The lowest BCUT2D eigenvalue weighted by Crippen LogP contribution is -2.29. The third-order valence-electron chi connectivity index (χ3n) is 5.97. The molecule has 8 nitrogen and oxygen atoms in total. The molecule has 3 aromatic carbocycles. The summed E-state index contributed by atoms with van der Waals surface area (Å²) >= 11 is 0. The van der Waals surface area contributed by atoms with Gasteiger partial charge in [0.1, 0.15) is 11.5 Å². The number of ether oxygens (including phenoxy) is 1. The van der Waals surface area contributed by atoms with E-state index >= 15 is 0 Å². The Labute approximate surface area is 195 Å². The first-order valence-electron chi connectivity index (χ1n) is 10.5. The minimum atomic E-state index is -3.93. The topological polar surface area (TPSA) is 127 Å². The molecule has 0 bridgehead atoms. The van der Waals surface area contributed by atoms with Crippen molar-refractivity contribution in [2.24, 2.45) is 5.14 Å². The highest BCUT2D eigenvalue weighted by molar-refractivity contribution is 7.89. The number of hydrogen-bond donors (Lipinski definition) is 2. The number of primary sulfonamides is 1. The van der Waals surface area contributed by atoms with Crippen molar-refractivity contribution in [2.45, 2.75) is 17.4 Å².